The molecule has 0 saturated heterocycles. The van der Waals surface area contributed by atoms with E-state index in [4.69, 9.17) is 4.74 Å². The van der Waals surface area contributed by atoms with Gasteiger partial charge in [0.1, 0.15) is 11.5 Å². The lowest BCUT2D eigenvalue weighted by atomic mass is 9.93. The smallest absolute Gasteiger partial charge is 0.261 e. The fourth-order valence-electron chi connectivity index (χ4n) is 3.91. The van der Waals surface area contributed by atoms with E-state index >= 15 is 0 Å². The van der Waals surface area contributed by atoms with Crippen LogP contribution in [-0.2, 0) is 5.72 Å². The number of hydrogen-bond acceptors (Lipinski definition) is 3. The summed E-state index contributed by atoms with van der Waals surface area (Å²) in [4.78, 5) is 14.7. The molecule has 1 aliphatic heterocycles. The largest absolute Gasteiger partial charge is 0.457 e. The van der Waals surface area contributed by atoms with Crippen molar-refractivity contribution in [2.75, 3.05) is 4.90 Å². The third kappa shape index (κ3) is 2.86. The van der Waals surface area contributed by atoms with Crippen molar-refractivity contribution < 1.29 is 14.6 Å². The Morgan fingerprint density at radius 3 is 1.93 bits per heavy atom. The number of carbonyl (C=O) groups is 1. The number of rotatable bonds is 4. The highest BCUT2D eigenvalue weighted by Crippen LogP contribution is 2.45. The van der Waals surface area contributed by atoms with Crippen LogP contribution in [0.25, 0.3) is 0 Å². The zero-order valence-electron chi connectivity index (χ0n) is 16.1. The predicted octanol–water partition coefficient (Wildman–Crippen LogP) is 5.33. The van der Waals surface area contributed by atoms with Gasteiger partial charge in [0.15, 0.2) is 5.72 Å². The van der Waals surface area contributed by atoms with Crippen LogP contribution in [0.5, 0.6) is 11.5 Å². The Balaban J connectivity index is 1.56. The van der Waals surface area contributed by atoms with Gasteiger partial charge in [-0.15, -0.1) is 0 Å². The predicted molar refractivity (Wildman–Crippen MR) is 116 cm³/mol. The van der Waals surface area contributed by atoms with Crippen LogP contribution in [0.1, 0.15) is 21.5 Å². The van der Waals surface area contributed by atoms with Crippen LogP contribution in [0.3, 0.4) is 0 Å². The van der Waals surface area contributed by atoms with E-state index in [1.807, 2.05) is 72.8 Å². The summed E-state index contributed by atoms with van der Waals surface area (Å²) in [6.45, 7) is 0. The molecular weight excluding hydrogens is 374 g/mol. The molecule has 0 aromatic heterocycles. The zero-order valence-corrected chi connectivity index (χ0v) is 16.1. The Hall–Kier alpha value is -3.89. The molecule has 4 aromatic rings. The van der Waals surface area contributed by atoms with Crippen LogP contribution >= 0.6 is 0 Å². The number of fused-ring (bicyclic) bond motifs is 1. The Morgan fingerprint density at radius 1 is 0.667 bits per heavy atom. The second-order valence-electron chi connectivity index (χ2n) is 7.13. The lowest BCUT2D eigenvalue weighted by Gasteiger charge is -2.35. The third-order valence-electron chi connectivity index (χ3n) is 5.31. The molecule has 30 heavy (non-hydrogen) atoms. The van der Waals surface area contributed by atoms with Gasteiger partial charge in [-0.2, -0.15) is 0 Å². The molecule has 0 spiro atoms. The normalized spacial score (nSPS) is 17.6. The van der Waals surface area contributed by atoms with Crippen molar-refractivity contribution in [1.29, 1.82) is 0 Å². The lowest BCUT2D eigenvalue weighted by Crippen LogP contribution is -2.45. The zero-order chi connectivity index (χ0) is 20.6. The molecule has 146 valence electrons. The van der Waals surface area contributed by atoms with E-state index in [1.165, 1.54) is 4.90 Å². The summed E-state index contributed by atoms with van der Waals surface area (Å²) in [5, 5.41) is 11.9. The van der Waals surface area contributed by atoms with Crippen molar-refractivity contribution >= 4 is 11.6 Å². The molecule has 1 atom stereocenters. The molecule has 4 nitrogen and oxygen atoms in total. The Bertz CT molecular complexity index is 1190. The van der Waals surface area contributed by atoms with Crippen molar-refractivity contribution in [1.82, 2.24) is 0 Å². The molecule has 4 aromatic carbocycles. The maximum Gasteiger partial charge on any atom is 0.261 e. The average molecular weight is 393 g/mol. The van der Waals surface area contributed by atoms with Crippen LogP contribution in [0.4, 0.5) is 5.69 Å². The maximum absolute atomic E-state index is 13.3. The molecule has 4 heteroatoms. The SMILES string of the molecule is O=C1c2ccccc2C(O)(c2ccccc2)N1c1ccc(Oc2ccccc2)cc1. The van der Waals surface area contributed by atoms with Crippen molar-refractivity contribution in [2.45, 2.75) is 5.72 Å². The minimum Gasteiger partial charge on any atom is -0.457 e. The standard InChI is InChI=1S/C26H19NO3/c28-25-23-13-7-8-14-24(23)26(29,19-9-3-1-4-10-19)27(25)20-15-17-22(18-16-20)30-21-11-5-2-6-12-21/h1-18,29H. The van der Waals surface area contributed by atoms with Gasteiger partial charge in [0, 0.05) is 22.4 Å². The Labute approximate surface area is 174 Å². The van der Waals surface area contributed by atoms with Gasteiger partial charge >= 0.3 is 0 Å². The van der Waals surface area contributed by atoms with Crippen LogP contribution in [0.15, 0.2) is 109 Å². The number of benzene rings is 4. The number of ether oxygens (including phenoxy) is 1. The second kappa shape index (κ2) is 7.17. The van der Waals surface area contributed by atoms with E-state index in [0.29, 0.717) is 28.1 Å². The van der Waals surface area contributed by atoms with Gasteiger partial charge in [-0.25, -0.2) is 0 Å². The van der Waals surface area contributed by atoms with E-state index in [9.17, 15) is 9.90 Å². The van der Waals surface area contributed by atoms with Gasteiger partial charge in [0.25, 0.3) is 5.91 Å². The molecule has 1 heterocycles. The monoisotopic (exact) mass is 393 g/mol. The second-order valence-corrected chi connectivity index (χ2v) is 7.13. The molecule has 1 aliphatic rings. The number of anilines is 1. The molecule has 0 bridgehead atoms. The maximum atomic E-state index is 13.3. The Morgan fingerprint density at radius 2 is 1.23 bits per heavy atom. The highest BCUT2D eigenvalue weighted by Gasteiger charge is 2.50. The summed E-state index contributed by atoms with van der Waals surface area (Å²) in [6, 6.07) is 33.1. The van der Waals surface area contributed by atoms with Gasteiger partial charge < -0.3 is 9.84 Å². The molecule has 1 N–H and O–H groups in total. The van der Waals surface area contributed by atoms with Gasteiger partial charge in [-0.3, -0.25) is 9.69 Å². The first-order chi connectivity index (χ1) is 14.7. The molecule has 0 saturated carbocycles. The summed E-state index contributed by atoms with van der Waals surface area (Å²) >= 11 is 0. The van der Waals surface area contributed by atoms with Gasteiger partial charge in [-0.05, 0) is 42.5 Å². The first-order valence-corrected chi connectivity index (χ1v) is 9.73. The minimum absolute atomic E-state index is 0.242. The summed E-state index contributed by atoms with van der Waals surface area (Å²) in [7, 11) is 0. The van der Waals surface area contributed by atoms with Crippen LogP contribution in [0.2, 0.25) is 0 Å². The Kier molecular flexibility index (Phi) is 4.34. The molecule has 5 rings (SSSR count). The first-order valence-electron chi connectivity index (χ1n) is 9.73. The topological polar surface area (TPSA) is 49.8 Å². The fourth-order valence-corrected chi connectivity index (χ4v) is 3.91. The van der Waals surface area contributed by atoms with E-state index in [0.717, 1.165) is 5.75 Å². The summed E-state index contributed by atoms with van der Waals surface area (Å²) in [6.07, 6.45) is 0. The summed E-state index contributed by atoms with van der Waals surface area (Å²) in [5.74, 6) is 1.14. The van der Waals surface area contributed by atoms with Crippen molar-refractivity contribution in [3.05, 3.63) is 126 Å². The molecule has 0 aliphatic carbocycles. The average Bonchev–Trinajstić information content (AvgIpc) is 3.04. The number of carbonyl (C=O) groups excluding carboxylic acids is 1. The van der Waals surface area contributed by atoms with Gasteiger partial charge in [0.2, 0.25) is 0 Å². The van der Waals surface area contributed by atoms with E-state index < -0.39 is 5.72 Å². The highest BCUT2D eigenvalue weighted by molar-refractivity contribution is 6.12. The number of nitrogens with zero attached hydrogens (tertiary/aromatic N) is 1. The highest BCUT2D eigenvalue weighted by atomic mass is 16.5. The first kappa shape index (κ1) is 18.2. The lowest BCUT2D eigenvalue weighted by molar-refractivity contribution is 0.0703. The van der Waals surface area contributed by atoms with Crippen LogP contribution in [-0.4, -0.2) is 11.0 Å². The quantitative estimate of drug-likeness (QED) is 0.510. The van der Waals surface area contributed by atoms with E-state index in [2.05, 4.69) is 0 Å². The molecular formula is C26H19NO3. The summed E-state index contributed by atoms with van der Waals surface area (Å²) < 4.78 is 5.86. The number of aliphatic hydroxyl groups is 1. The van der Waals surface area contributed by atoms with Crippen molar-refractivity contribution in [2.24, 2.45) is 0 Å². The minimum atomic E-state index is -1.59. The van der Waals surface area contributed by atoms with Gasteiger partial charge in [0.05, 0.1) is 0 Å². The van der Waals surface area contributed by atoms with E-state index in [-0.39, 0.29) is 5.91 Å². The van der Waals surface area contributed by atoms with E-state index in [1.54, 1.807) is 36.4 Å². The third-order valence-corrected chi connectivity index (χ3v) is 5.31. The number of hydrogen-bond donors (Lipinski definition) is 1. The van der Waals surface area contributed by atoms with Gasteiger partial charge in [-0.1, -0.05) is 66.7 Å². The molecule has 1 amide bonds. The van der Waals surface area contributed by atoms with Crippen LogP contribution in [0, 0.1) is 0 Å². The van der Waals surface area contributed by atoms with Crippen LogP contribution < -0.4 is 9.64 Å². The van der Waals surface area contributed by atoms with Crippen molar-refractivity contribution in [3.8, 4) is 11.5 Å². The fraction of sp³-hybridized carbons (Fsp3) is 0.0385. The molecule has 0 radical (unpaired) electrons. The number of amides is 1. The number of para-hydroxylation sites is 1. The van der Waals surface area contributed by atoms with Crippen molar-refractivity contribution in [3.63, 3.8) is 0 Å². The summed E-state index contributed by atoms with van der Waals surface area (Å²) in [5.41, 5.74) is 0.701. The molecule has 1 unspecified atom stereocenters. The molecule has 0 fully saturated rings.